The van der Waals surface area contributed by atoms with Gasteiger partial charge in [-0.25, -0.2) is 8.78 Å². The van der Waals surface area contributed by atoms with Crippen LogP contribution in [0.5, 0.6) is 5.75 Å². The molecule has 1 aromatic rings. The first kappa shape index (κ1) is 12.7. The van der Waals surface area contributed by atoms with Crippen molar-refractivity contribution in [3.8, 4) is 5.75 Å². The molecule has 0 radical (unpaired) electrons. The van der Waals surface area contributed by atoms with Gasteiger partial charge in [0.25, 0.3) is 0 Å². The van der Waals surface area contributed by atoms with Gasteiger partial charge in [0.1, 0.15) is 0 Å². The zero-order valence-electron chi connectivity index (χ0n) is 9.59. The number of ether oxygens (including phenoxy) is 1. The first-order valence-corrected chi connectivity index (χ1v) is 5.42. The van der Waals surface area contributed by atoms with Gasteiger partial charge in [-0.1, -0.05) is 20.3 Å². The van der Waals surface area contributed by atoms with Gasteiger partial charge in [0.15, 0.2) is 17.4 Å². The molecule has 0 saturated heterocycles. The highest BCUT2D eigenvalue weighted by Crippen LogP contribution is 2.25. The lowest BCUT2D eigenvalue weighted by Gasteiger charge is -2.13. The summed E-state index contributed by atoms with van der Waals surface area (Å²) < 4.78 is 31.7. The van der Waals surface area contributed by atoms with Crippen LogP contribution in [0.4, 0.5) is 14.5 Å². The van der Waals surface area contributed by atoms with Crippen LogP contribution in [0, 0.1) is 17.6 Å². The van der Waals surface area contributed by atoms with Crippen LogP contribution in [0.25, 0.3) is 0 Å². The highest BCUT2D eigenvalue weighted by Gasteiger charge is 2.12. The maximum absolute atomic E-state index is 13.3. The summed E-state index contributed by atoms with van der Waals surface area (Å²) in [7, 11) is 0. The number of hydrogen-bond acceptors (Lipinski definition) is 2. The Morgan fingerprint density at radius 1 is 1.31 bits per heavy atom. The largest absolute Gasteiger partial charge is 0.487 e. The topological polar surface area (TPSA) is 35.2 Å². The van der Waals surface area contributed by atoms with Gasteiger partial charge >= 0.3 is 0 Å². The van der Waals surface area contributed by atoms with E-state index in [2.05, 4.69) is 6.92 Å². The normalized spacial score (nSPS) is 12.5. The molecule has 2 N–H and O–H groups in total. The molecular formula is C12H17F2NO. The molecule has 4 heteroatoms. The van der Waals surface area contributed by atoms with E-state index in [0.29, 0.717) is 6.61 Å². The number of anilines is 1. The lowest BCUT2D eigenvalue weighted by Crippen LogP contribution is -2.10. The number of benzene rings is 1. The van der Waals surface area contributed by atoms with Crippen molar-refractivity contribution in [2.45, 2.75) is 26.7 Å². The molecule has 16 heavy (non-hydrogen) atoms. The fourth-order valence-corrected chi connectivity index (χ4v) is 1.52. The number of nitrogens with two attached hydrogens (primary N) is 1. The van der Waals surface area contributed by atoms with Crippen LogP contribution >= 0.6 is 0 Å². The molecule has 0 bridgehead atoms. The van der Waals surface area contributed by atoms with Crippen molar-refractivity contribution in [2.24, 2.45) is 5.92 Å². The van der Waals surface area contributed by atoms with Gasteiger partial charge in [0, 0.05) is 17.8 Å². The fourth-order valence-electron chi connectivity index (χ4n) is 1.52. The molecule has 0 aromatic heterocycles. The molecule has 0 heterocycles. The van der Waals surface area contributed by atoms with Gasteiger partial charge in [-0.15, -0.1) is 0 Å². The van der Waals surface area contributed by atoms with Crippen molar-refractivity contribution < 1.29 is 13.5 Å². The Hall–Kier alpha value is -1.32. The van der Waals surface area contributed by atoms with E-state index in [1.54, 1.807) is 0 Å². The van der Waals surface area contributed by atoms with E-state index in [9.17, 15) is 8.78 Å². The molecule has 1 atom stereocenters. The Labute approximate surface area is 94.4 Å². The van der Waals surface area contributed by atoms with E-state index in [-0.39, 0.29) is 17.4 Å². The van der Waals surface area contributed by atoms with E-state index in [1.807, 2.05) is 6.92 Å². The standard InChI is InChI=1S/C12H17F2NO/c1-3-4-8(2)7-16-12-10(13)5-9(15)6-11(12)14/h5-6,8H,3-4,7,15H2,1-2H3. The zero-order valence-corrected chi connectivity index (χ0v) is 9.59. The van der Waals surface area contributed by atoms with E-state index >= 15 is 0 Å². The number of halogens is 2. The second-order valence-electron chi connectivity index (χ2n) is 4.02. The van der Waals surface area contributed by atoms with Crippen molar-refractivity contribution in [3.63, 3.8) is 0 Å². The second kappa shape index (κ2) is 5.68. The molecule has 0 aliphatic rings. The zero-order chi connectivity index (χ0) is 12.1. The molecule has 0 spiro atoms. The lowest BCUT2D eigenvalue weighted by atomic mass is 10.1. The van der Waals surface area contributed by atoms with Crippen molar-refractivity contribution in [3.05, 3.63) is 23.8 Å². The lowest BCUT2D eigenvalue weighted by molar-refractivity contribution is 0.231. The monoisotopic (exact) mass is 229 g/mol. The Morgan fingerprint density at radius 3 is 2.38 bits per heavy atom. The molecule has 0 aliphatic carbocycles. The Balaban J connectivity index is 2.67. The molecular weight excluding hydrogens is 212 g/mol. The van der Waals surface area contributed by atoms with Crippen molar-refractivity contribution in [2.75, 3.05) is 12.3 Å². The summed E-state index contributed by atoms with van der Waals surface area (Å²) in [5.41, 5.74) is 5.36. The maximum Gasteiger partial charge on any atom is 0.190 e. The summed E-state index contributed by atoms with van der Waals surface area (Å²) in [6.45, 7) is 4.35. The van der Waals surface area contributed by atoms with E-state index < -0.39 is 11.6 Å². The molecule has 0 amide bonds. The molecule has 1 rings (SSSR count). The third-order valence-corrected chi connectivity index (χ3v) is 2.31. The minimum Gasteiger partial charge on any atom is -0.487 e. The van der Waals surface area contributed by atoms with Gasteiger partial charge in [0.05, 0.1) is 6.61 Å². The molecule has 0 fully saturated rings. The average molecular weight is 229 g/mol. The first-order chi connectivity index (χ1) is 7.54. The third kappa shape index (κ3) is 3.36. The molecule has 90 valence electrons. The van der Waals surface area contributed by atoms with Crippen LogP contribution in [0.3, 0.4) is 0 Å². The minimum atomic E-state index is -0.749. The van der Waals surface area contributed by atoms with Gasteiger partial charge in [-0.3, -0.25) is 0 Å². The second-order valence-corrected chi connectivity index (χ2v) is 4.02. The average Bonchev–Trinajstić information content (AvgIpc) is 2.16. The fraction of sp³-hybridized carbons (Fsp3) is 0.500. The predicted octanol–water partition coefficient (Wildman–Crippen LogP) is 3.36. The SMILES string of the molecule is CCCC(C)COc1c(F)cc(N)cc1F. The molecule has 1 unspecified atom stereocenters. The minimum absolute atomic E-state index is 0.0592. The Kier molecular flexibility index (Phi) is 4.52. The molecule has 1 aromatic carbocycles. The van der Waals surface area contributed by atoms with Gasteiger partial charge in [0.2, 0.25) is 0 Å². The van der Waals surface area contributed by atoms with Crippen LogP contribution in [-0.2, 0) is 0 Å². The number of nitrogen functional groups attached to an aromatic ring is 1. The van der Waals surface area contributed by atoms with Gasteiger partial charge in [-0.2, -0.15) is 0 Å². The highest BCUT2D eigenvalue weighted by atomic mass is 19.1. The van der Waals surface area contributed by atoms with Crippen LogP contribution in [-0.4, -0.2) is 6.61 Å². The summed E-state index contributed by atoms with van der Waals surface area (Å²) in [5.74, 6) is -1.55. The summed E-state index contributed by atoms with van der Waals surface area (Å²) in [5, 5.41) is 0. The molecule has 0 aliphatic heterocycles. The van der Waals surface area contributed by atoms with Crippen molar-refractivity contribution in [1.82, 2.24) is 0 Å². The van der Waals surface area contributed by atoms with Gasteiger partial charge < -0.3 is 10.5 Å². The number of rotatable bonds is 5. The summed E-state index contributed by atoms with van der Waals surface area (Å²) >= 11 is 0. The third-order valence-electron chi connectivity index (χ3n) is 2.31. The van der Waals surface area contributed by atoms with Crippen LogP contribution in [0.1, 0.15) is 26.7 Å². The Morgan fingerprint density at radius 2 is 1.88 bits per heavy atom. The maximum atomic E-state index is 13.3. The highest BCUT2D eigenvalue weighted by molar-refractivity contribution is 5.44. The van der Waals surface area contributed by atoms with E-state index in [4.69, 9.17) is 10.5 Å². The quantitative estimate of drug-likeness (QED) is 0.786. The van der Waals surface area contributed by atoms with Crippen molar-refractivity contribution >= 4 is 5.69 Å². The smallest absolute Gasteiger partial charge is 0.190 e. The van der Waals surface area contributed by atoms with Crippen molar-refractivity contribution in [1.29, 1.82) is 0 Å². The number of hydrogen-bond donors (Lipinski definition) is 1. The summed E-state index contributed by atoms with van der Waals surface area (Å²) in [6.07, 6.45) is 2.00. The summed E-state index contributed by atoms with van der Waals surface area (Å²) in [6, 6.07) is 2.12. The molecule has 0 saturated carbocycles. The van der Waals surface area contributed by atoms with Crippen LogP contribution in [0.15, 0.2) is 12.1 Å². The van der Waals surface area contributed by atoms with E-state index in [0.717, 1.165) is 25.0 Å². The predicted molar refractivity (Wildman–Crippen MR) is 60.3 cm³/mol. The van der Waals surface area contributed by atoms with E-state index in [1.165, 1.54) is 0 Å². The van der Waals surface area contributed by atoms with Crippen LogP contribution in [0.2, 0.25) is 0 Å². The molecule has 2 nitrogen and oxygen atoms in total. The summed E-state index contributed by atoms with van der Waals surface area (Å²) in [4.78, 5) is 0. The Bertz CT molecular complexity index is 332. The van der Waals surface area contributed by atoms with Gasteiger partial charge in [-0.05, 0) is 12.3 Å². The van der Waals surface area contributed by atoms with Crippen LogP contribution < -0.4 is 10.5 Å². The first-order valence-electron chi connectivity index (χ1n) is 5.42.